The van der Waals surface area contributed by atoms with Gasteiger partial charge in [-0.3, -0.25) is 0 Å². The number of hydrogen-bond acceptors (Lipinski definition) is 9. The summed E-state index contributed by atoms with van der Waals surface area (Å²) in [6.07, 6.45) is 1.77. The summed E-state index contributed by atoms with van der Waals surface area (Å²) in [5.74, 6) is 2.11. The van der Waals surface area contributed by atoms with E-state index in [4.69, 9.17) is 19.2 Å². The van der Waals surface area contributed by atoms with Crippen LogP contribution < -0.4 is 24.8 Å². The summed E-state index contributed by atoms with van der Waals surface area (Å²) in [7, 11) is 3.67. The number of benzene rings is 2. The van der Waals surface area contributed by atoms with E-state index in [1.807, 2.05) is 30.1 Å². The Morgan fingerprint density at radius 1 is 0.889 bits per heavy atom. The highest BCUT2D eigenvalue weighted by molar-refractivity contribution is 5.72. The second kappa shape index (κ2) is 11.0. The van der Waals surface area contributed by atoms with Crippen LogP contribution in [0, 0.1) is 6.92 Å². The second-order valence-electron chi connectivity index (χ2n) is 9.03. The fourth-order valence-corrected chi connectivity index (χ4v) is 4.59. The smallest absolute Gasteiger partial charge is 0.229 e. The molecule has 0 unspecified atom stereocenters. The normalized spacial score (nSPS) is 16.1. The van der Waals surface area contributed by atoms with Crippen LogP contribution in [0.15, 0.2) is 48.7 Å². The largest absolute Gasteiger partial charge is 0.495 e. The van der Waals surface area contributed by atoms with Gasteiger partial charge in [0, 0.05) is 56.5 Å². The zero-order chi connectivity index (χ0) is 24.9. The first-order valence-corrected chi connectivity index (χ1v) is 12.4. The number of anilines is 6. The molecule has 2 aliphatic rings. The van der Waals surface area contributed by atoms with Gasteiger partial charge in [-0.1, -0.05) is 6.07 Å². The maximum absolute atomic E-state index is 5.61. The highest BCUT2D eigenvalue weighted by Gasteiger charge is 2.18. The molecule has 9 nitrogen and oxygen atoms in total. The Balaban J connectivity index is 1.43. The molecule has 3 aromatic rings. The summed E-state index contributed by atoms with van der Waals surface area (Å²) in [6, 6.07) is 14.6. The number of methoxy groups -OCH3 is 1. The Bertz CT molecular complexity index is 1140. The van der Waals surface area contributed by atoms with Crippen molar-refractivity contribution < 1.29 is 14.2 Å². The van der Waals surface area contributed by atoms with Gasteiger partial charge in [0.15, 0.2) is 0 Å². The van der Waals surface area contributed by atoms with Crippen molar-refractivity contribution in [3.8, 4) is 5.75 Å². The molecule has 2 saturated heterocycles. The Morgan fingerprint density at radius 3 is 2.14 bits per heavy atom. The van der Waals surface area contributed by atoms with Gasteiger partial charge in [0.1, 0.15) is 11.6 Å². The summed E-state index contributed by atoms with van der Waals surface area (Å²) in [4.78, 5) is 16.1. The Morgan fingerprint density at radius 2 is 1.53 bits per heavy atom. The van der Waals surface area contributed by atoms with Crippen LogP contribution in [-0.4, -0.2) is 76.7 Å². The van der Waals surface area contributed by atoms with E-state index in [-0.39, 0.29) is 0 Å². The number of ether oxygens (including phenoxy) is 3. The molecule has 0 atom stereocenters. The summed E-state index contributed by atoms with van der Waals surface area (Å²) >= 11 is 0. The first-order chi connectivity index (χ1) is 17.6. The topological polar surface area (TPSA) is 75.2 Å². The lowest BCUT2D eigenvalue weighted by molar-refractivity contribution is 0.122. The molecule has 2 fully saturated rings. The monoisotopic (exact) mass is 490 g/mol. The molecular formula is C27H34N6O3. The number of hydrogen-bond donors (Lipinski definition) is 1. The number of morpholine rings is 2. The van der Waals surface area contributed by atoms with Crippen LogP contribution in [-0.2, 0) is 9.47 Å². The van der Waals surface area contributed by atoms with Gasteiger partial charge in [0.25, 0.3) is 0 Å². The minimum absolute atomic E-state index is 0.539. The number of aryl methyl sites for hydroxylation is 1. The van der Waals surface area contributed by atoms with Gasteiger partial charge >= 0.3 is 0 Å². The van der Waals surface area contributed by atoms with Gasteiger partial charge in [-0.25, -0.2) is 4.98 Å². The van der Waals surface area contributed by atoms with Crippen molar-refractivity contribution in [2.24, 2.45) is 0 Å². The molecule has 0 spiro atoms. The van der Waals surface area contributed by atoms with Crippen LogP contribution in [0.3, 0.4) is 0 Å². The number of nitrogens with one attached hydrogen (secondary N) is 1. The standard InChI is InChI=1S/C27H34N6O3/c1-20-4-5-24(25(16-20)34-3)31(2)26-6-7-28-27(30-26)29-21-17-22(32-8-12-35-13-9-32)19-23(18-21)33-10-14-36-15-11-33/h4-7,16-19H,8-15H2,1-3H3,(H,28,29,30). The van der Waals surface area contributed by atoms with Crippen molar-refractivity contribution in [1.82, 2.24) is 9.97 Å². The molecule has 190 valence electrons. The van der Waals surface area contributed by atoms with Crippen LogP contribution in [0.1, 0.15) is 5.56 Å². The predicted molar refractivity (Wildman–Crippen MR) is 144 cm³/mol. The molecule has 0 bridgehead atoms. The Kier molecular flexibility index (Phi) is 7.39. The highest BCUT2D eigenvalue weighted by atomic mass is 16.5. The molecule has 0 aliphatic carbocycles. The molecule has 0 amide bonds. The minimum Gasteiger partial charge on any atom is -0.495 e. The summed E-state index contributed by atoms with van der Waals surface area (Å²) in [5.41, 5.74) is 5.38. The van der Waals surface area contributed by atoms with Crippen molar-refractivity contribution in [3.63, 3.8) is 0 Å². The van der Waals surface area contributed by atoms with E-state index in [1.54, 1.807) is 13.3 Å². The average molecular weight is 491 g/mol. The van der Waals surface area contributed by atoms with Crippen molar-refractivity contribution in [2.75, 3.05) is 86.8 Å². The average Bonchev–Trinajstić information content (AvgIpc) is 2.93. The molecule has 1 N–H and O–H groups in total. The van der Waals surface area contributed by atoms with Gasteiger partial charge in [0.2, 0.25) is 5.95 Å². The van der Waals surface area contributed by atoms with Gasteiger partial charge in [-0.15, -0.1) is 0 Å². The highest BCUT2D eigenvalue weighted by Crippen LogP contribution is 2.34. The molecule has 9 heteroatoms. The Labute approximate surface area is 212 Å². The van der Waals surface area contributed by atoms with Crippen molar-refractivity contribution in [2.45, 2.75) is 6.92 Å². The second-order valence-corrected chi connectivity index (χ2v) is 9.03. The van der Waals surface area contributed by atoms with E-state index in [1.165, 1.54) is 11.4 Å². The molecule has 36 heavy (non-hydrogen) atoms. The molecule has 1 aromatic heterocycles. The van der Waals surface area contributed by atoms with Crippen molar-refractivity contribution >= 4 is 34.5 Å². The molecule has 0 saturated carbocycles. The summed E-state index contributed by atoms with van der Waals surface area (Å²) in [5, 5.41) is 3.45. The number of rotatable bonds is 7. The van der Waals surface area contributed by atoms with Crippen LogP contribution in [0.4, 0.5) is 34.5 Å². The number of nitrogens with zero attached hydrogens (tertiary/aromatic N) is 5. The van der Waals surface area contributed by atoms with Crippen molar-refractivity contribution in [3.05, 3.63) is 54.2 Å². The van der Waals surface area contributed by atoms with E-state index in [0.29, 0.717) is 5.95 Å². The SMILES string of the molecule is COc1cc(C)ccc1N(C)c1ccnc(Nc2cc(N3CCOCC3)cc(N3CCOCC3)c2)n1. The Hall–Kier alpha value is -3.56. The van der Waals surface area contributed by atoms with E-state index >= 15 is 0 Å². The molecule has 2 aromatic carbocycles. The third-order valence-electron chi connectivity index (χ3n) is 6.59. The molecule has 3 heterocycles. The summed E-state index contributed by atoms with van der Waals surface area (Å²) in [6.45, 7) is 8.52. The number of aromatic nitrogens is 2. The van der Waals surface area contributed by atoms with E-state index in [2.05, 4.69) is 51.3 Å². The van der Waals surface area contributed by atoms with Crippen molar-refractivity contribution in [1.29, 1.82) is 0 Å². The van der Waals surface area contributed by atoms with Crippen LogP contribution >= 0.6 is 0 Å². The maximum Gasteiger partial charge on any atom is 0.229 e. The lowest BCUT2D eigenvalue weighted by Gasteiger charge is -2.33. The first-order valence-electron chi connectivity index (χ1n) is 12.4. The molecule has 5 rings (SSSR count). The fourth-order valence-electron chi connectivity index (χ4n) is 4.59. The van der Waals surface area contributed by atoms with E-state index in [9.17, 15) is 0 Å². The third kappa shape index (κ3) is 5.47. The van der Waals surface area contributed by atoms with Gasteiger partial charge in [-0.2, -0.15) is 4.98 Å². The lowest BCUT2D eigenvalue weighted by Crippen LogP contribution is -2.38. The third-order valence-corrected chi connectivity index (χ3v) is 6.59. The molecular weight excluding hydrogens is 456 g/mol. The lowest BCUT2D eigenvalue weighted by atomic mass is 10.2. The van der Waals surface area contributed by atoms with Gasteiger partial charge < -0.3 is 34.2 Å². The van der Waals surface area contributed by atoms with E-state index < -0.39 is 0 Å². The molecule has 0 radical (unpaired) electrons. The maximum atomic E-state index is 5.61. The quantitative estimate of drug-likeness (QED) is 0.529. The zero-order valence-electron chi connectivity index (χ0n) is 21.2. The molecule has 2 aliphatic heterocycles. The van der Waals surface area contributed by atoms with Crippen LogP contribution in [0.2, 0.25) is 0 Å². The summed E-state index contributed by atoms with van der Waals surface area (Å²) < 4.78 is 16.8. The fraction of sp³-hybridized carbons (Fsp3) is 0.407. The van der Waals surface area contributed by atoms with Gasteiger partial charge in [-0.05, 0) is 48.9 Å². The predicted octanol–water partition coefficient (Wildman–Crippen LogP) is 3.98. The van der Waals surface area contributed by atoms with Crippen LogP contribution in [0.25, 0.3) is 0 Å². The van der Waals surface area contributed by atoms with Crippen LogP contribution in [0.5, 0.6) is 5.75 Å². The minimum atomic E-state index is 0.539. The van der Waals surface area contributed by atoms with Gasteiger partial charge in [0.05, 0.1) is 39.2 Å². The zero-order valence-corrected chi connectivity index (χ0v) is 21.2. The first kappa shape index (κ1) is 24.1. The van der Waals surface area contributed by atoms with E-state index in [0.717, 1.165) is 81.1 Å².